The summed E-state index contributed by atoms with van der Waals surface area (Å²) in [6.45, 7) is 9.13. The van der Waals surface area contributed by atoms with E-state index in [2.05, 4.69) is 33.0 Å². The summed E-state index contributed by atoms with van der Waals surface area (Å²) >= 11 is 0. The van der Waals surface area contributed by atoms with Gasteiger partial charge in [0.15, 0.2) is 0 Å². The monoisotopic (exact) mass is 275 g/mol. The van der Waals surface area contributed by atoms with E-state index < -0.39 is 5.41 Å². The minimum absolute atomic E-state index is 0.0383. The molecular weight excluding hydrogens is 250 g/mol. The van der Waals surface area contributed by atoms with Crippen LogP contribution in [-0.2, 0) is 14.9 Å². The summed E-state index contributed by atoms with van der Waals surface area (Å²) in [6.07, 6.45) is 1.50. The number of carbonyl (C=O) groups excluding carboxylic acids is 1. The highest BCUT2D eigenvalue weighted by atomic mass is 16.6. The molecule has 2 unspecified atom stereocenters. The standard InChI is InChI=1S/C17H25NO2/c1-5-17(13-9-7-6-8-10-13)11-14(20-15(17)19)12-18-16(2,3)4/h6-10,14,18H,5,11-12H2,1-4H3. The fraction of sp³-hybridized carbons (Fsp3) is 0.588. The van der Waals surface area contributed by atoms with Crippen molar-refractivity contribution in [3.05, 3.63) is 35.9 Å². The van der Waals surface area contributed by atoms with E-state index in [0.717, 1.165) is 18.4 Å². The van der Waals surface area contributed by atoms with Crippen LogP contribution in [0.5, 0.6) is 0 Å². The third kappa shape index (κ3) is 3.04. The van der Waals surface area contributed by atoms with Crippen LogP contribution in [0.1, 0.15) is 46.1 Å². The molecule has 1 aliphatic heterocycles. The molecule has 0 bridgehead atoms. The van der Waals surface area contributed by atoms with Crippen LogP contribution in [0.25, 0.3) is 0 Å². The number of carbonyl (C=O) groups is 1. The molecule has 110 valence electrons. The van der Waals surface area contributed by atoms with Gasteiger partial charge in [0.25, 0.3) is 0 Å². The molecule has 0 saturated carbocycles. The predicted octanol–water partition coefficient (Wildman–Crippen LogP) is 3.04. The zero-order valence-corrected chi connectivity index (χ0v) is 12.9. The van der Waals surface area contributed by atoms with Gasteiger partial charge in [-0.25, -0.2) is 0 Å². The van der Waals surface area contributed by atoms with Crippen molar-refractivity contribution in [1.29, 1.82) is 0 Å². The molecule has 0 radical (unpaired) electrons. The van der Waals surface area contributed by atoms with E-state index in [9.17, 15) is 4.79 Å². The highest BCUT2D eigenvalue weighted by Gasteiger charge is 2.48. The van der Waals surface area contributed by atoms with Gasteiger partial charge in [-0.1, -0.05) is 37.3 Å². The first kappa shape index (κ1) is 15.0. The number of hydrogen-bond donors (Lipinski definition) is 1. The van der Waals surface area contributed by atoms with Gasteiger partial charge in [0.1, 0.15) is 6.10 Å². The first-order valence-corrected chi connectivity index (χ1v) is 7.39. The molecule has 1 saturated heterocycles. The van der Waals surface area contributed by atoms with Gasteiger partial charge in [-0.3, -0.25) is 4.79 Å². The summed E-state index contributed by atoms with van der Waals surface area (Å²) < 4.78 is 5.62. The molecule has 2 rings (SSSR count). The van der Waals surface area contributed by atoms with Crippen molar-refractivity contribution in [2.24, 2.45) is 0 Å². The lowest BCUT2D eigenvalue weighted by atomic mass is 9.76. The Balaban J connectivity index is 2.14. The molecular formula is C17H25NO2. The molecule has 1 aromatic carbocycles. The SMILES string of the molecule is CCC1(c2ccccc2)CC(CNC(C)(C)C)OC1=O. The summed E-state index contributed by atoms with van der Waals surface area (Å²) in [6, 6.07) is 10.0. The zero-order valence-electron chi connectivity index (χ0n) is 12.9. The lowest BCUT2D eigenvalue weighted by Crippen LogP contribution is -2.41. The fourth-order valence-corrected chi connectivity index (χ4v) is 2.80. The number of benzene rings is 1. The Kier molecular flexibility index (Phi) is 4.19. The highest BCUT2D eigenvalue weighted by Crippen LogP contribution is 2.40. The molecule has 1 N–H and O–H groups in total. The number of esters is 1. The van der Waals surface area contributed by atoms with E-state index in [0.29, 0.717) is 6.54 Å². The van der Waals surface area contributed by atoms with E-state index in [1.165, 1.54) is 0 Å². The first-order chi connectivity index (χ1) is 9.37. The Morgan fingerprint density at radius 2 is 1.95 bits per heavy atom. The molecule has 1 fully saturated rings. The van der Waals surface area contributed by atoms with Crippen LogP contribution in [0, 0.1) is 0 Å². The molecule has 0 aliphatic carbocycles. The second-order valence-corrected chi connectivity index (χ2v) is 6.66. The molecule has 0 amide bonds. The van der Waals surface area contributed by atoms with Gasteiger partial charge in [-0.15, -0.1) is 0 Å². The molecule has 20 heavy (non-hydrogen) atoms. The lowest BCUT2D eigenvalue weighted by molar-refractivity contribution is -0.145. The van der Waals surface area contributed by atoms with Crippen LogP contribution in [0.3, 0.4) is 0 Å². The smallest absolute Gasteiger partial charge is 0.317 e. The average molecular weight is 275 g/mol. The largest absolute Gasteiger partial charge is 0.460 e. The molecule has 3 heteroatoms. The van der Waals surface area contributed by atoms with Crippen molar-refractivity contribution in [3.63, 3.8) is 0 Å². The van der Waals surface area contributed by atoms with Crippen molar-refractivity contribution in [2.45, 2.75) is 57.6 Å². The Bertz CT molecular complexity index is 464. The maximum absolute atomic E-state index is 12.4. The number of nitrogens with one attached hydrogen (secondary N) is 1. The summed E-state index contributed by atoms with van der Waals surface area (Å²) in [7, 11) is 0. The predicted molar refractivity (Wildman–Crippen MR) is 80.7 cm³/mol. The van der Waals surface area contributed by atoms with Crippen LogP contribution >= 0.6 is 0 Å². The third-order valence-corrected chi connectivity index (χ3v) is 4.03. The summed E-state index contributed by atoms with van der Waals surface area (Å²) in [4.78, 5) is 12.4. The van der Waals surface area contributed by atoms with Gasteiger partial charge in [-0.05, 0) is 32.8 Å². The normalized spacial score (nSPS) is 26.6. The van der Waals surface area contributed by atoms with Gasteiger partial charge in [0, 0.05) is 18.5 Å². The molecule has 1 heterocycles. The number of rotatable bonds is 4. The highest BCUT2D eigenvalue weighted by molar-refractivity contribution is 5.85. The van der Waals surface area contributed by atoms with Crippen molar-refractivity contribution in [3.8, 4) is 0 Å². The number of hydrogen-bond acceptors (Lipinski definition) is 3. The second-order valence-electron chi connectivity index (χ2n) is 6.66. The van der Waals surface area contributed by atoms with Crippen molar-refractivity contribution >= 4 is 5.97 Å². The van der Waals surface area contributed by atoms with Gasteiger partial charge in [-0.2, -0.15) is 0 Å². The van der Waals surface area contributed by atoms with Gasteiger partial charge in [0.05, 0.1) is 5.41 Å². The summed E-state index contributed by atoms with van der Waals surface area (Å²) in [5, 5.41) is 3.42. The average Bonchev–Trinajstić information content (AvgIpc) is 2.74. The van der Waals surface area contributed by atoms with Crippen LogP contribution in [0.4, 0.5) is 0 Å². The van der Waals surface area contributed by atoms with Gasteiger partial charge in [0.2, 0.25) is 0 Å². The van der Waals surface area contributed by atoms with E-state index >= 15 is 0 Å². The van der Waals surface area contributed by atoms with Gasteiger partial charge >= 0.3 is 5.97 Å². The van der Waals surface area contributed by atoms with Crippen LogP contribution < -0.4 is 5.32 Å². The maximum Gasteiger partial charge on any atom is 0.317 e. The van der Waals surface area contributed by atoms with Crippen LogP contribution in [0.2, 0.25) is 0 Å². The lowest BCUT2D eigenvalue weighted by Gasteiger charge is -2.24. The summed E-state index contributed by atoms with van der Waals surface area (Å²) in [5.74, 6) is -0.0769. The van der Waals surface area contributed by atoms with Crippen molar-refractivity contribution in [2.75, 3.05) is 6.54 Å². The molecule has 0 aromatic heterocycles. The zero-order chi connectivity index (χ0) is 14.8. The Morgan fingerprint density at radius 1 is 1.30 bits per heavy atom. The van der Waals surface area contributed by atoms with Crippen LogP contribution in [0.15, 0.2) is 30.3 Å². The number of cyclic esters (lactones) is 1. The molecule has 1 aliphatic rings. The molecule has 3 nitrogen and oxygen atoms in total. The van der Waals surface area contributed by atoms with E-state index in [-0.39, 0.29) is 17.6 Å². The quantitative estimate of drug-likeness (QED) is 0.858. The second kappa shape index (κ2) is 5.57. The van der Waals surface area contributed by atoms with E-state index in [4.69, 9.17) is 4.74 Å². The van der Waals surface area contributed by atoms with Crippen molar-refractivity contribution in [1.82, 2.24) is 5.32 Å². The first-order valence-electron chi connectivity index (χ1n) is 7.39. The van der Waals surface area contributed by atoms with Gasteiger partial charge < -0.3 is 10.1 Å². The topological polar surface area (TPSA) is 38.3 Å². The minimum Gasteiger partial charge on any atom is -0.460 e. The Labute approximate surface area is 121 Å². The minimum atomic E-state index is -0.467. The van der Waals surface area contributed by atoms with Crippen LogP contribution in [-0.4, -0.2) is 24.2 Å². The van der Waals surface area contributed by atoms with E-state index in [1.807, 2.05) is 30.3 Å². The van der Waals surface area contributed by atoms with E-state index in [1.54, 1.807) is 0 Å². The summed E-state index contributed by atoms with van der Waals surface area (Å²) in [5.41, 5.74) is 0.646. The molecule has 0 spiro atoms. The fourth-order valence-electron chi connectivity index (χ4n) is 2.80. The van der Waals surface area contributed by atoms with Crippen molar-refractivity contribution < 1.29 is 9.53 Å². The Morgan fingerprint density at radius 3 is 2.50 bits per heavy atom. The maximum atomic E-state index is 12.4. The molecule has 1 aromatic rings. The third-order valence-electron chi connectivity index (χ3n) is 4.03. The Hall–Kier alpha value is -1.35. The number of ether oxygens (including phenoxy) is 1. The molecule has 2 atom stereocenters.